The first-order valence-corrected chi connectivity index (χ1v) is 10.2. The van der Waals surface area contributed by atoms with Crippen LogP contribution in [0, 0.1) is 17.3 Å². The summed E-state index contributed by atoms with van der Waals surface area (Å²) in [7, 11) is 0. The lowest BCUT2D eigenvalue weighted by atomic mass is 9.82. The Bertz CT molecular complexity index is 766. The maximum absolute atomic E-state index is 13.7. The highest BCUT2D eigenvalue weighted by Crippen LogP contribution is 2.45. The van der Waals surface area contributed by atoms with Crippen molar-refractivity contribution in [2.24, 2.45) is 17.3 Å². The maximum atomic E-state index is 13.7. The highest BCUT2D eigenvalue weighted by atomic mass is 19.4. The van der Waals surface area contributed by atoms with E-state index in [0.29, 0.717) is 30.5 Å². The number of nitrogens with zero attached hydrogens (tertiary/aromatic N) is 3. The zero-order valence-corrected chi connectivity index (χ0v) is 16.9. The number of halogens is 3. The van der Waals surface area contributed by atoms with Crippen LogP contribution in [-0.4, -0.2) is 45.9 Å². The molecule has 3 heterocycles. The number of fused-ring (bicyclic) bond motifs is 1. The van der Waals surface area contributed by atoms with E-state index in [1.165, 1.54) is 0 Å². The van der Waals surface area contributed by atoms with Gasteiger partial charge < -0.3 is 10.2 Å². The third-order valence-electron chi connectivity index (χ3n) is 6.60. The lowest BCUT2D eigenvalue weighted by Gasteiger charge is -2.39. The number of alkyl halides is 3. The lowest BCUT2D eigenvalue weighted by molar-refractivity contribution is -0.175. The molecule has 0 bridgehead atoms. The molecule has 1 aromatic rings. The van der Waals surface area contributed by atoms with Gasteiger partial charge in [-0.1, -0.05) is 27.7 Å². The number of anilines is 1. The number of carbonyl (C=O) groups excluding carboxylic acids is 1. The Morgan fingerprint density at radius 2 is 1.93 bits per heavy atom. The van der Waals surface area contributed by atoms with Crippen molar-refractivity contribution in [2.75, 3.05) is 18.4 Å². The number of carbonyl (C=O) groups is 1. The molecule has 3 aliphatic rings. The largest absolute Gasteiger partial charge is 0.410 e. The van der Waals surface area contributed by atoms with E-state index in [9.17, 15) is 18.0 Å². The van der Waals surface area contributed by atoms with E-state index in [-0.39, 0.29) is 35.6 Å². The van der Waals surface area contributed by atoms with E-state index in [1.807, 2.05) is 25.7 Å². The summed E-state index contributed by atoms with van der Waals surface area (Å²) in [6, 6.07) is -0.142. The molecule has 156 valence electrons. The van der Waals surface area contributed by atoms with Crippen LogP contribution in [-0.2, 0) is 4.79 Å². The molecule has 1 amide bonds. The Labute approximate surface area is 163 Å². The molecule has 28 heavy (non-hydrogen) atoms. The first-order chi connectivity index (χ1) is 12.9. The molecule has 0 unspecified atom stereocenters. The van der Waals surface area contributed by atoms with E-state index in [2.05, 4.69) is 17.3 Å². The van der Waals surface area contributed by atoms with Crippen LogP contribution in [0.4, 0.5) is 19.0 Å². The highest BCUT2D eigenvalue weighted by molar-refractivity contribution is 5.82. The number of nitrogens with one attached hydrogen (secondary N) is 1. The van der Waals surface area contributed by atoms with Gasteiger partial charge in [-0.15, -0.1) is 0 Å². The minimum absolute atomic E-state index is 0.000114. The van der Waals surface area contributed by atoms with Gasteiger partial charge in [0.05, 0.1) is 5.69 Å². The lowest BCUT2D eigenvalue weighted by Crippen LogP contribution is -2.44. The fourth-order valence-electron chi connectivity index (χ4n) is 4.46. The zero-order chi connectivity index (χ0) is 20.4. The number of aromatic nitrogens is 2. The van der Waals surface area contributed by atoms with Gasteiger partial charge in [0.25, 0.3) is 0 Å². The molecule has 8 heteroatoms. The number of hydrogen-bond donors (Lipinski definition) is 1. The monoisotopic (exact) mass is 398 g/mol. The van der Waals surface area contributed by atoms with Gasteiger partial charge >= 0.3 is 6.18 Å². The van der Waals surface area contributed by atoms with E-state index in [0.717, 1.165) is 17.5 Å². The van der Waals surface area contributed by atoms with Crippen LogP contribution in [0.15, 0.2) is 6.07 Å². The molecule has 1 saturated heterocycles. The fourth-order valence-corrected chi connectivity index (χ4v) is 4.46. The Hall–Kier alpha value is -1.73. The molecule has 1 N–H and O–H groups in total. The van der Waals surface area contributed by atoms with E-state index in [1.54, 1.807) is 6.07 Å². The van der Waals surface area contributed by atoms with Crippen LogP contribution in [0.25, 0.3) is 0 Å². The second kappa shape index (κ2) is 6.39. The van der Waals surface area contributed by atoms with Crippen molar-refractivity contribution >= 4 is 11.7 Å². The molecule has 1 aromatic heterocycles. The first-order valence-electron chi connectivity index (χ1n) is 10.2. The van der Waals surface area contributed by atoms with Crippen LogP contribution >= 0.6 is 0 Å². The molecule has 0 radical (unpaired) electrons. The minimum Gasteiger partial charge on any atom is -0.367 e. The summed E-state index contributed by atoms with van der Waals surface area (Å²) in [5.74, 6) is 1.22. The van der Waals surface area contributed by atoms with Gasteiger partial charge in [0.1, 0.15) is 5.82 Å². The Morgan fingerprint density at radius 3 is 2.50 bits per heavy atom. The predicted molar refractivity (Wildman–Crippen MR) is 100 cm³/mol. The van der Waals surface area contributed by atoms with E-state index in [4.69, 9.17) is 0 Å². The van der Waals surface area contributed by atoms with Crippen LogP contribution in [0.5, 0.6) is 0 Å². The van der Waals surface area contributed by atoms with E-state index < -0.39 is 12.2 Å². The van der Waals surface area contributed by atoms with Crippen molar-refractivity contribution in [1.82, 2.24) is 14.7 Å². The molecule has 4 rings (SSSR count). The third-order valence-corrected chi connectivity index (χ3v) is 6.60. The van der Waals surface area contributed by atoms with Crippen molar-refractivity contribution in [3.63, 3.8) is 0 Å². The van der Waals surface area contributed by atoms with Gasteiger partial charge in [0, 0.05) is 37.0 Å². The first kappa shape index (κ1) is 19.6. The van der Waals surface area contributed by atoms with Crippen molar-refractivity contribution in [2.45, 2.75) is 71.1 Å². The quantitative estimate of drug-likeness (QED) is 0.813. The third kappa shape index (κ3) is 3.50. The Kier molecular flexibility index (Phi) is 4.47. The smallest absolute Gasteiger partial charge is 0.367 e. The highest BCUT2D eigenvalue weighted by Gasteiger charge is 2.49. The summed E-state index contributed by atoms with van der Waals surface area (Å²) in [6.07, 6.45) is -2.67. The summed E-state index contributed by atoms with van der Waals surface area (Å²) in [5, 5.41) is 7.63. The molecule has 2 aliphatic heterocycles. The molecular weight excluding hydrogens is 369 g/mol. The zero-order valence-electron chi connectivity index (χ0n) is 16.9. The summed E-state index contributed by atoms with van der Waals surface area (Å²) in [4.78, 5) is 14.3. The molecule has 2 fully saturated rings. The number of likely N-dealkylation sites (tertiary alicyclic amines) is 1. The SMILES string of the molecule is C[C@@H]1C[C@@H]1C(=O)N1CC[C@H](c2cc3n(n2)[C@@H](C(F)(F)F)C[C@@H](C(C)(C)C)N3)C1. The van der Waals surface area contributed by atoms with Gasteiger partial charge in [-0.3, -0.25) is 4.79 Å². The molecule has 0 spiro atoms. The summed E-state index contributed by atoms with van der Waals surface area (Å²) in [6.45, 7) is 9.14. The standard InChI is InChI=1S/C20H29F3N4O/c1-11-7-13(11)18(28)26-6-5-12(10-26)14-8-17-24-15(19(2,3)4)9-16(20(21,22)23)27(17)25-14/h8,11-13,15-16,24H,5-7,9-10H2,1-4H3/t11-,12+,13+,15+,16-/m1/s1. The fraction of sp³-hybridized carbons (Fsp3) is 0.800. The van der Waals surface area contributed by atoms with E-state index >= 15 is 0 Å². The van der Waals surface area contributed by atoms with Gasteiger partial charge in [-0.2, -0.15) is 18.3 Å². The number of rotatable bonds is 2. The molecule has 5 atom stereocenters. The Morgan fingerprint density at radius 1 is 1.25 bits per heavy atom. The minimum atomic E-state index is -4.34. The summed E-state index contributed by atoms with van der Waals surface area (Å²) >= 11 is 0. The van der Waals surface area contributed by atoms with Gasteiger partial charge in [0.15, 0.2) is 6.04 Å². The van der Waals surface area contributed by atoms with Crippen molar-refractivity contribution < 1.29 is 18.0 Å². The van der Waals surface area contributed by atoms with Crippen LogP contribution in [0.3, 0.4) is 0 Å². The van der Waals surface area contributed by atoms with Gasteiger partial charge in [0.2, 0.25) is 5.91 Å². The van der Waals surface area contributed by atoms with Gasteiger partial charge in [-0.25, -0.2) is 4.68 Å². The van der Waals surface area contributed by atoms with Crippen LogP contribution in [0.2, 0.25) is 0 Å². The maximum Gasteiger partial charge on any atom is 0.410 e. The molecule has 1 saturated carbocycles. The molecule has 1 aliphatic carbocycles. The number of amides is 1. The van der Waals surface area contributed by atoms with Crippen molar-refractivity contribution in [3.8, 4) is 0 Å². The second-order valence-corrected chi connectivity index (χ2v) is 9.84. The van der Waals surface area contributed by atoms with Crippen LogP contribution in [0.1, 0.15) is 64.6 Å². The average molecular weight is 398 g/mol. The Balaban J connectivity index is 1.55. The topological polar surface area (TPSA) is 50.2 Å². The van der Waals surface area contributed by atoms with Crippen molar-refractivity contribution in [1.29, 1.82) is 0 Å². The molecular formula is C20H29F3N4O. The predicted octanol–water partition coefficient (Wildman–Crippen LogP) is 4.19. The average Bonchev–Trinajstić information content (AvgIpc) is 3.01. The van der Waals surface area contributed by atoms with Gasteiger partial charge in [-0.05, 0) is 30.6 Å². The van der Waals surface area contributed by atoms with Crippen LogP contribution < -0.4 is 5.32 Å². The summed E-state index contributed by atoms with van der Waals surface area (Å²) in [5.41, 5.74) is 0.363. The summed E-state index contributed by atoms with van der Waals surface area (Å²) < 4.78 is 42.3. The molecule has 5 nitrogen and oxygen atoms in total. The number of hydrogen-bond acceptors (Lipinski definition) is 3. The van der Waals surface area contributed by atoms with Crippen molar-refractivity contribution in [3.05, 3.63) is 11.8 Å². The normalized spacial score (nSPS) is 32.8. The molecule has 0 aromatic carbocycles. The second-order valence-electron chi connectivity index (χ2n) is 9.84.